The third-order valence-electron chi connectivity index (χ3n) is 5.13. The van der Waals surface area contributed by atoms with E-state index >= 15 is 0 Å². The van der Waals surface area contributed by atoms with Crippen LogP contribution in [0.1, 0.15) is 29.5 Å². The molecule has 28 heavy (non-hydrogen) atoms. The molecule has 1 saturated heterocycles. The smallest absolute Gasteiger partial charge is 0.233 e. The van der Waals surface area contributed by atoms with Crippen molar-refractivity contribution in [2.24, 2.45) is 0 Å². The lowest BCUT2D eigenvalue weighted by atomic mass is 10.0. The topological polar surface area (TPSA) is 42.4 Å². The Kier molecular flexibility index (Phi) is 5.42. The molecule has 1 aliphatic rings. The third kappa shape index (κ3) is 4.08. The summed E-state index contributed by atoms with van der Waals surface area (Å²) < 4.78 is 20.1. The number of thiazole rings is 1. The fourth-order valence-electron chi connectivity index (χ4n) is 3.53. The molecular formula is C22H23FN2O2S. The first kappa shape index (κ1) is 19.0. The average Bonchev–Trinajstić information content (AvgIpc) is 3.31. The van der Waals surface area contributed by atoms with Crippen LogP contribution in [0.2, 0.25) is 0 Å². The molecule has 0 bridgehead atoms. The van der Waals surface area contributed by atoms with Gasteiger partial charge < -0.3 is 4.74 Å². The Bertz CT molecular complexity index is 1010. The highest BCUT2D eigenvalue weighted by atomic mass is 32.1. The van der Waals surface area contributed by atoms with Gasteiger partial charge in [-0.2, -0.15) is 0 Å². The van der Waals surface area contributed by atoms with Crippen LogP contribution >= 0.6 is 11.3 Å². The van der Waals surface area contributed by atoms with Crippen molar-refractivity contribution in [3.63, 3.8) is 0 Å². The van der Waals surface area contributed by atoms with Crippen LogP contribution in [0, 0.1) is 19.7 Å². The predicted octanol–water partition coefficient (Wildman–Crippen LogP) is 4.81. The number of aromatic nitrogens is 1. The van der Waals surface area contributed by atoms with Crippen molar-refractivity contribution in [2.45, 2.75) is 39.2 Å². The van der Waals surface area contributed by atoms with Gasteiger partial charge in [-0.05, 0) is 56.0 Å². The second kappa shape index (κ2) is 7.97. The molecular weight excluding hydrogens is 375 g/mol. The lowest BCUT2D eigenvalue weighted by molar-refractivity contribution is -0.118. The number of carbonyl (C=O) groups is 1. The van der Waals surface area contributed by atoms with Crippen molar-refractivity contribution in [2.75, 3.05) is 18.1 Å². The molecule has 4 rings (SSSR count). The highest BCUT2D eigenvalue weighted by Crippen LogP contribution is 2.31. The fourth-order valence-corrected chi connectivity index (χ4v) is 4.55. The molecule has 2 heterocycles. The van der Waals surface area contributed by atoms with Gasteiger partial charge in [-0.15, -0.1) is 0 Å². The number of anilines is 1. The van der Waals surface area contributed by atoms with Crippen molar-refractivity contribution < 1.29 is 13.9 Å². The summed E-state index contributed by atoms with van der Waals surface area (Å²) in [5.41, 5.74) is 3.96. The Morgan fingerprint density at radius 2 is 2.14 bits per heavy atom. The molecule has 1 aromatic heterocycles. The molecule has 0 spiro atoms. The SMILES string of the molecule is Cc1ccc(C)c(CC(=O)N(CC2CCCO2)c2nc3ccc(F)cc3s2)c1. The van der Waals surface area contributed by atoms with E-state index < -0.39 is 0 Å². The number of ether oxygens (including phenoxy) is 1. The minimum atomic E-state index is -0.296. The highest BCUT2D eigenvalue weighted by Gasteiger charge is 2.26. The fraction of sp³-hybridized carbons (Fsp3) is 0.364. The number of carbonyl (C=O) groups excluding carboxylic acids is 1. The van der Waals surface area contributed by atoms with Crippen molar-refractivity contribution in [1.82, 2.24) is 4.98 Å². The summed E-state index contributed by atoms with van der Waals surface area (Å²) in [6.07, 6.45) is 2.28. The molecule has 1 atom stereocenters. The van der Waals surface area contributed by atoms with E-state index in [1.54, 1.807) is 11.0 Å². The molecule has 1 unspecified atom stereocenters. The standard InChI is InChI=1S/C22H23FN2O2S/c1-14-5-6-15(2)16(10-14)11-21(26)25(13-18-4-3-9-27-18)22-24-19-8-7-17(23)12-20(19)28-22/h5-8,10,12,18H,3-4,9,11,13H2,1-2H3. The first-order valence-electron chi connectivity index (χ1n) is 9.54. The van der Waals surface area contributed by atoms with Crippen molar-refractivity contribution in [3.05, 3.63) is 58.9 Å². The van der Waals surface area contributed by atoms with Gasteiger partial charge in [0, 0.05) is 6.61 Å². The molecule has 1 fully saturated rings. The van der Waals surface area contributed by atoms with Crippen LogP contribution in [0.15, 0.2) is 36.4 Å². The van der Waals surface area contributed by atoms with E-state index in [1.807, 2.05) is 19.9 Å². The van der Waals surface area contributed by atoms with Crippen molar-refractivity contribution in [3.8, 4) is 0 Å². The Balaban J connectivity index is 1.65. The summed E-state index contributed by atoms with van der Waals surface area (Å²) in [7, 11) is 0. The van der Waals surface area contributed by atoms with Crippen molar-refractivity contribution in [1.29, 1.82) is 0 Å². The van der Waals surface area contributed by atoms with Gasteiger partial charge in [-0.1, -0.05) is 35.1 Å². The van der Waals surface area contributed by atoms with Crippen LogP contribution in [0.5, 0.6) is 0 Å². The van der Waals surface area contributed by atoms with Crippen LogP contribution in [0.3, 0.4) is 0 Å². The van der Waals surface area contributed by atoms with E-state index in [1.165, 1.54) is 23.5 Å². The molecule has 3 aromatic rings. The summed E-state index contributed by atoms with van der Waals surface area (Å²) in [5.74, 6) is -0.307. The molecule has 6 heteroatoms. The quantitative estimate of drug-likeness (QED) is 0.620. The van der Waals surface area contributed by atoms with Gasteiger partial charge in [0.1, 0.15) is 5.82 Å². The van der Waals surface area contributed by atoms with Gasteiger partial charge in [-0.25, -0.2) is 9.37 Å². The second-order valence-corrected chi connectivity index (χ2v) is 8.36. The number of nitrogens with zero attached hydrogens (tertiary/aromatic N) is 2. The number of halogens is 1. The van der Waals surface area contributed by atoms with E-state index in [0.29, 0.717) is 23.6 Å². The maximum atomic E-state index is 13.6. The van der Waals surface area contributed by atoms with Crippen LogP contribution in [0.25, 0.3) is 10.2 Å². The summed E-state index contributed by atoms with van der Waals surface area (Å²) in [6, 6.07) is 10.7. The summed E-state index contributed by atoms with van der Waals surface area (Å²) >= 11 is 1.35. The van der Waals surface area contributed by atoms with Crippen LogP contribution in [-0.4, -0.2) is 30.1 Å². The minimum absolute atomic E-state index is 0.0104. The van der Waals surface area contributed by atoms with Gasteiger partial charge in [-0.3, -0.25) is 9.69 Å². The predicted molar refractivity (Wildman–Crippen MR) is 111 cm³/mol. The lowest BCUT2D eigenvalue weighted by Gasteiger charge is -2.23. The molecule has 2 aromatic carbocycles. The van der Waals surface area contributed by atoms with E-state index in [2.05, 4.69) is 17.1 Å². The monoisotopic (exact) mass is 398 g/mol. The van der Waals surface area contributed by atoms with Crippen LogP contribution in [0.4, 0.5) is 9.52 Å². The number of rotatable bonds is 5. The van der Waals surface area contributed by atoms with E-state index in [0.717, 1.165) is 40.8 Å². The van der Waals surface area contributed by atoms with Gasteiger partial charge in [0.15, 0.2) is 5.13 Å². The maximum Gasteiger partial charge on any atom is 0.233 e. The molecule has 0 radical (unpaired) electrons. The zero-order valence-electron chi connectivity index (χ0n) is 16.1. The Morgan fingerprint density at radius 1 is 1.29 bits per heavy atom. The zero-order chi connectivity index (χ0) is 19.7. The molecule has 1 amide bonds. The van der Waals surface area contributed by atoms with E-state index in [9.17, 15) is 9.18 Å². The summed E-state index contributed by atoms with van der Waals surface area (Å²) in [4.78, 5) is 19.6. The number of hydrogen-bond donors (Lipinski definition) is 0. The molecule has 0 aliphatic carbocycles. The normalized spacial score (nSPS) is 16.6. The summed E-state index contributed by atoms with van der Waals surface area (Å²) in [6.45, 7) is 5.26. The van der Waals surface area contributed by atoms with Crippen molar-refractivity contribution >= 4 is 32.6 Å². The number of benzene rings is 2. The maximum absolute atomic E-state index is 13.6. The highest BCUT2D eigenvalue weighted by molar-refractivity contribution is 7.22. The first-order valence-corrected chi connectivity index (χ1v) is 10.4. The van der Waals surface area contributed by atoms with Gasteiger partial charge in [0.05, 0.1) is 29.3 Å². The number of amides is 1. The van der Waals surface area contributed by atoms with E-state index in [-0.39, 0.29) is 17.8 Å². The number of hydrogen-bond acceptors (Lipinski definition) is 4. The minimum Gasteiger partial charge on any atom is -0.376 e. The van der Waals surface area contributed by atoms with Crippen LogP contribution in [-0.2, 0) is 16.0 Å². The lowest BCUT2D eigenvalue weighted by Crippen LogP contribution is -2.38. The largest absolute Gasteiger partial charge is 0.376 e. The van der Waals surface area contributed by atoms with Gasteiger partial charge in [0.25, 0.3) is 0 Å². The Labute approximate surface area is 168 Å². The second-order valence-electron chi connectivity index (χ2n) is 7.35. The molecule has 0 saturated carbocycles. The van der Waals surface area contributed by atoms with Gasteiger partial charge in [0.2, 0.25) is 5.91 Å². The number of aryl methyl sites for hydroxylation is 2. The third-order valence-corrected chi connectivity index (χ3v) is 6.17. The zero-order valence-corrected chi connectivity index (χ0v) is 16.9. The molecule has 4 nitrogen and oxygen atoms in total. The number of fused-ring (bicyclic) bond motifs is 1. The Morgan fingerprint density at radius 3 is 2.93 bits per heavy atom. The average molecular weight is 399 g/mol. The molecule has 1 aliphatic heterocycles. The first-order chi connectivity index (χ1) is 13.5. The van der Waals surface area contributed by atoms with E-state index in [4.69, 9.17) is 4.74 Å². The molecule has 0 N–H and O–H groups in total. The Hall–Kier alpha value is -2.31. The van der Waals surface area contributed by atoms with Crippen LogP contribution < -0.4 is 4.90 Å². The van der Waals surface area contributed by atoms with Gasteiger partial charge >= 0.3 is 0 Å². The molecule has 146 valence electrons. The summed E-state index contributed by atoms with van der Waals surface area (Å²) in [5, 5.41) is 0.603.